The number of allylic oxidation sites excluding steroid dienone is 1. The molecule has 1 unspecified atom stereocenters. The lowest BCUT2D eigenvalue weighted by Crippen LogP contribution is -2.49. The molecule has 1 saturated heterocycles. The van der Waals surface area contributed by atoms with Gasteiger partial charge in [-0.1, -0.05) is 67.1 Å². The molecule has 1 fully saturated rings. The summed E-state index contributed by atoms with van der Waals surface area (Å²) in [6.07, 6.45) is 7.47. The smallest absolute Gasteiger partial charge is 0.185 e. The highest BCUT2D eigenvalue weighted by molar-refractivity contribution is 9.09. The maximum Gasteiger partial charge on any atom is 0.185 e. The Kier molecular flexibility index (Phi) is 5.36. The summed E-state index contributed by atoms with van der Waals surface area (Å²) in [5.74, 6) is -0.430. The van der Waals surface area contributed by atoms with Gasteiger partial charge in [0.05, 0.1) is 18.0 Å². The zero-order chi connectivity index (χ0) is 14.8. The van der Waals surface area contributed by atoms with Crippen LogP contribution < -0.4 is 0 Å². The number of halogens is 1. The molecule has 0 bridgehead atoms. The van der Waals surface area contributed by atoms with E-state index < -0.39 is 5.79 Å². The molecule has 0 amide bonds. The Labute approximate surface area is 132 Å². The Morgan fingerprint density at radius 1 is 1.15 bits per heavy atom. The van der Waals surface area contributed by atoms with Crippen LogP contribution in [0.2, 0.25) is 0 Å². The molecule has 1 aliphatic heterocycles. The van der Waals surface area contributed by atoms with Gasteiger partial charge in [-0.05, 0) is 25.2 Å². The van der Waals surface area contributed by atoms with E-state index in [1.807, 2.05) is 0 Å². The SMILES string of the molecule is CCCCCCC1=C(C)C(Br)C2(CC1(C)C)OCCO2. The topological polar surface area (TPSA) is 18.5 Å². The van der Waals surface area contributed by atoms with Crippen LogP contribution in [0.15, 0.2) is 11.1 Å². The monoisotopic (exact) mass is 344 g/mol. The molecular weight excluding hydrogens is 316 g/mol. The summed E-state index contributed by atoms with van der Waals surface area (Å²) in [5, 5.41) is 0. The average Bonchev–Trinajstić information content (AvgIpc) is 2.84. The summed E-state index contributed by atoms with van der Waals surface area (Å²) in [5.41, 5.74) is 3.21. The summed E-state index contributed by atoms with van der Waals surface area (Å²) in [6.45, 7) is 10.6. The minimum absolute atomic E-state index is 0.172. The fourth-order valence-electron chi connectivity index (χ4n) is 3.81. The van der Waals surface area contributed by atoms with E-state index in [4.69, 9.17) is 9.47 Å². The molecule has 1 aliphatic carbocycles. The van der Waals surface area contributed by atoms with Crippen LogP contribution in [-0.2, 0) is 9.47 Å². The molecule has 116 valence electrons. The Morgan fingerprint density at radius 3 is 2.40 bits per heavy atom. The van der Waals surface area contributed by atoms with Crippen molar-refractivity contribution in [2.45, 2.75) is 76.8 Å². The summed E-state index contributed by atoms with van der Waals surface area (Å²) in [7, 11) is 0. The van der Waals surface area contributed by atoms with Gasteiger partial charge < -0.3 is 9.47 Å². The molecule has 2 rings (SSSR count). The highest BCUT2D eigenvalue weighted by Crippen LogP contribution is 2.52. The highest BCUT2D eigenvalue weighted by Gasteiger charge is 2.52. The predicted molar refractivity (Wildman–Crippen MR) is 87.2 cm³/mol. The van der Waals surface area contributed by atoms with E-state index in [1.165, 1.54) is 37.7 Å². The number of alkyl halides is 1. The number of unbranched alkanes of at least 4 members (excludes halogenated alkanes) is 3. The largest absolute Gasteiger partial charge is 0.346 e. The van der Waals surface area contributed by atoms with Crippen molar-refractivity contribution in [3.05, 3.63) is 11.1 Å². The van der Waals surface area contributed by atoms with Crippen molar-refractivity contribution in [3.63, 3.8) is 0 Å². The first-order valence-electron chi connectivity index (χ1n) is 8.05. The van der Waals surface area contributed by atoms with E-state index >= 15 is 0 Å². The first kappa shape index (κ1) is 16.5. The minimum atomic E-state index is -0.430. The molecule has 20 heavy (non-hydrogen) atoms. The van der Waals surface area contributed by atoms with Crippen LogP contribution in [0.3, 0.4) is 0 Å². The van der Waals surface area contributed by atoms with E-state index in [1.54, 1.807) is 5.57 Å². The fraction of sp³-hybridized carbons (Fsp3) is 0.882. The molecule has 1 heterocycles. The lowest BCUT2D eigenvalue weighted by molar-refractivity contribution is -0.173. The zero-order valence-corrected chi connectivity index (χ0v) is 15.0. The Hall–Kier alpha value is 0.140. The van der Waals surface area contributed by atoms with Gasteiger partial charge in [0.2, 0.25) is 0 Å². The third-order valence-corrected chi connectivity index (χ3v) is 6.19. The van der Waals surface area contributed by atoms with Gasteiger partial charge in [-0.2, -0.15) is 0 Å². The van der Waals surface area contributed by atoms with Gasteiger partial charge in [-0.15, -0.1) is 0 Å². The molecule has 0 aromatic rings. The van der Waals surface area contributed by atoms with Gasteiger partial charge in [-0.25, -0.2) is 0 Å². The highest BCUT2D eigenvalue weighted by atomic mass is 79.9. The summed E-state index contributed by atoms with van der Waals surface area (Å²) in [4.78, 5) is 0.201. The molecule has 1 spiro atoms. The Bertz CT molecular complexity index is 367. The Morgan fingerprint density at radius 2 is 1.80 bits per heavy atom. The summed E-state index contributed by atoms with van der Waals surface area (Å²) >= 11 is 3.84. The van der Waals surface area contributed by atoms with Crippen molar-refractivity contribution < 1.29 is 9.47 Å². The lowest BCUT2D eigenvalue weighted by atomic mass is 9.68. The predicted octanol–water partition coefficient (Wildman–Crippen LogP) is 5.21. The first-order valence-corrected chi connectivity index (χ1v) is 8.96. The molecule has 0 aromatic heterocycles. The van der Waals surface area contributed by atoms with E-state index in [2.05, 4.69) is 43.6 Å². The molecule has 0 aromatic carbocycles. The van der Waals surface area contributed by atoms with E-state index in [-0.39, 0.29) is 10.2 Å². The average molecular weight is 345 g/mol. The maximum absolute atomic E-state index is 5.99. The van der Waals surface area contributed by atoms with Crippen LogP contribution in [0.1, 0.15) is 66.2 Å². The Balaban J connectivity index is 2.14. The molecule has 0 radical (unpaired) electrons. The number of hydrogen-bond donors (Lipinski definition) is 0. The first-order chi connectivity index (χ1) is 9.43. The number of rotatable bonds is 5. The van der Waals surface area contributed by atoms with E-state index in [9.17, 15) is 0 Å². The molecule has 2 nitrogen and oxygen atoms in total. The minimum Gasteiger partial charge on any atom is -0.346 e. The fourth-order valence-corrected chi connectivity index (χ4v) is 4.51. The van der Waals surface area contributed by atoms with Gasteiger partial charge in [0, 0.05) is 6.42 Å². The van der Waals surface area contributed by atoms with E-state index in [0.29, 0.717) is 0 Å². The zero-order valence-electron chi connectivity index (χ0n) is 13.4. The molecule has 2 aliphatic rings. The quantitative estimate of drug-likeness (QED) is 0.387. The van der Waals surface area contributed by atoms with Crippen molar-refractivity contribution in [1.82, 2.24) is 0 Å². The van der Waals surface area contributed by atoms with Crippen LogP contribution in [-0.4, -0.2) is 23.8 Å². The molecule has 1 atom stereocenters. The summed E-state index contributed by atoms with van der Waals surface area (Å²) < 4.78 is 12.0. The lowest BCUT2D eigenvalue weighted by Gasteiger charge is -2.46. The molecular formula is C17H29BrO2. The second kappa shape index (κ2) is 6.50. The van der Waals surface area contributed by atoms with Crippen LogP contribution in [0.4, 0.5) is 0 Å². The third kappa shape index (κ3) is 3.15. The van der Waals surface area contributed by atoms with Gasteiger partial charge >= 0.3 is 0 Å². The van der Waals surface area contributed by atoms with E-state index in [0.717, 1.165) is 19.6 Å². The van der Waals surface area contributed by atoms with Crippen molar-refractivity contribution >= 4 is 15.9 Å². The van der Waals surface area contributed by atoms with Gasteiger partial charge in [0.1, 0.15) is 0 Å². The molecule has 0 saturated carbocycles. The van der Waals surface area contributed by atoms with Crippen molar-refractivity contribution in [2.75, 3.05) is 13.2 Å². The summed E-state index contributed by atoms with van der Waals surface area (Å²) in [6, 6.07) is 0. The van der Waals surface area contributed by atoms with Crippen molar-refractivity contribution in [3.8, 4) is 0 Å². The second-order valence-corrected chi connectivity index (χ2v) is 7.82. The standard InChI is InChI=1S/C17H29BrO2/c1-5-6-7-8-9-14-13(2)15(18)17(12-16(14,3)4)19-10-11-20-17/h15H,5-12H2,1-4H3. The van der Waals surface area contributed by atoms with Gasteiger partial charge in [0.15, 0.2) is 5.79 Å². The van der Waals surface area contributed by atoms with Crippen molar-refractivity contribution in [2.24, 2.45) is 5.41 Å². The normalized spacial score (nSPS) is 28.4. The second-order valence-electron chi connectivity index (χ2n) is 6.90. The van der Waals surface area contributed by atoms with Crippen LogP contribution >= 0.6 is 15.9 Å². The maximum atomic E-state index is 5.99. The van der Waals surface area contributed by atoms with Crippen molar-refractivity contribution in [1.29, 1.82) is 0 Å². The van der Waals surface area contributed by atoms with Crippen LogP contribution in [0, 0.1) is 5.41 Å². The third-order valence-electron chi connectivity index (χ3n) is 4.80. The molecule has 3 heteroatoms. The van der Waals surface area contributed by atoms with Crippen LogP contribution in [0.25, 0.3) is 0 Å². The number of hydrogen-bond acceptors (Lipinski definition) is 2. The number of ether oxygens (including phenoxy) is 2. The van der Waals surface area contributed by atoms with Gasteiger partial charge in [0.25, 0.3) is 0 Å². The molecule has 0 N–H and O–H groups in total. The van der Waals surface area contributed by atoms with Gasteiger partial charge in [-0.3, -0.25) is 0 Å². The van der Waals surface area contributed by atoms with Crippen LogP contribution in [0.5, 0.6) is 0 Å².